The number of carbonyl (C=O) groups excluding carboxylic acids is 1. The van der Waals surface area contributed by atoms with E-state index in [-0.39, 0.29) is 18.5 Å². The second kappa shape index (κ2) is 7.26. The average Bonchev–Trinajstić information content (AvgIpc) is 2.53. The van der Waals surface area contributed by atoms with Gasteiger partial charge >= 0.3 is 5.97 Å². The number of ether oxygens (including phenoxy) is 2. The Morgan fingerprint density at radius 2 is 2.05 bits per heavy atom. The van der Waals surface area contributed by atoms with Crippen molar-refractivity contribution in [2.75, 3.05) is 26.9 Å². The third-order valence-electron chi connectivity index (χ3n) is 3.85. The lowest BCUT2D eigenvalue weighted by Crippen LogP contribution is -2.46. The van der Waals surface area contributed by atoms with E-state index in [0.717, 1.165) is 5.56 Å². The van der Waals surface area contributed by atoms with Gasteiger partial charge in [-0.2, -0.15) is 0 Å². The number of carboxylic acids is 1. The Hall–Kier alpha value is -2.08. The van der Waals surface area contributed by atoms with Crippen molar-refractivity contribution in [1.82, 2.24) is 4.90 Å². The number of aryl methyl sites for hydroxylation is 1. The van der Waals surface area contributed by atoms with Crippen LogP contribution in [0.1, 0.15) is 28.8 Å². The summed E-state index contributed by atoms with van der Waals surface area (Å²) >= 11 is 0. The van der Waals surface area contributed by atoms with Crippen LogP contribution in [-0.2, 0) is 9.53 Å². The Morgan fingerprint density at radius 1 is 1.36 bits per heavy atom. The minimum Gasteiger partial charge on any atom is -0.496 e. The lowest BCUT2D eigenvalue weighted by atomic mass is 10.0. The summed E-state index contributed by atoms with van der Waals surface area (Å²) in [5, 5.41) is 9.11. The zero-order valence-corrected chi connectivity index (χ0v) is 12.9. The van der Waals surface area contributed by atoms with Gasteiger partial charge in [-0.25, -0.2) is 0 Å². The smallest absolute Gasteiger partial charge is 0.323 e. The molecule has 6 heteroatoms. The van der Waals surface area contributed by atoms with Crippen molar-refractivity contribution in [2.45, 2.75) is 25.8 Å². The minimum absolute atomic E-state index is 0.107. The summed E-state index contributed by atoms with van der Waals surface area (Å²) in [5.41, 5.74) is 1.37. The molecule has 0 saturated carbocycles. The highest BCUT2D eigenvalue weighted by Gasteiger charge is 2.28. The van der Waals surface area contributed by atoms with Crippen LogP contribution in [-0.4, -0.2) is 54.8 Å². The Morgan fingerprint density at radius 3 is 2.64 bits per heavy atom. The average molecular weight is 307 g/mol. The van der Waals surface area contributed by atoms with Gasteiger partial charge in [0.1, 0.15) is 12.3 Å². The summed E-state index contributed by atoms with van der Waals surface area (Å²) < 4.78 is 10.5. The van der Waals surface area contributed by atoms with E-state index in [4.69, 9.17) is 14.6 Å². The first-order valence-electron chi connectivity index (χ1n) is 7.28. The predicted octanol–water partition coefficient (Wildman–Crippen LogP) is 1.71. The molecule has 0 spiro atoms. The van der Waals surface area contributed by atoms with Gasteiger partial charge < -0.3 is 19.5 Å². The van der Waals surface area contributed by atoms with E-state index in [1.54, 1.807) is 25.3 Å². The molecular formula is C16H21NO5. The maximum Gasteiger partial charge on any atom is 0.323 e. The number of benzene rings is 1. The van der Waals surface area contributed by atoms with Gasteiger partial charge in [-0.3, -0.25) is 9.59 Å². The van der Waals surface area contributed by atoms with E-state index in [2.05, 4.69) is 0 Å². The Balaban J connectivity index is 2.25. The molecular weight excluding hydrogens is 286 g/mol. The lowest BCUT2D eigenvalue weighted by Gasteiger charge is -2.33. The second-order valence-electron chi connectivity index (χ2n) is 5.35. The van der Waals surface area contributed by atoms with E-state index >= 15 is 0 Å². The number of methoxy groups -OCH3 is 1. The molecule has 0 aliphatic carbocycles. The number of carboxylic acid groups (broad SMARTS) is 1. The molecule has 1 N–H and O–H groups in total. The van der Waals surface area contributed by atoms with Crippen molar-refractivity contribution < 1.29 is 24.2 Å². The quantitative estimate of drug-likeness (QED) is 0.896. The van der Waals surface area contributed by atoms with Crippen molar-refractivity contribution in [1.29, 1.82) is 0 Å². The molecule has 0 atom stereocenters. The molecule has 1 aliphatic rings. The van der Waals surface area contributed by atoms with Gasteiger partial charge in [0.15, 0.2) is 0 Å². The molecule has 0 radical (unpaired) electrons. The molecule has 1 saturated heterocycles. The van der Waals surface area contributed by atoms with Gasteiger partial charge in [0.25, 0.3) is 5.91 Å². The maximum absolute atomic E-state index is 12.7. The Bertz CT molecular complexity index is 551. The molecule has 120 valence electrons. The van der Waals surface area contributed by atoms with Gasteiger partial charge in [-0.1, -0.05) is 6.07 Å². The summed E-state index contributed by atoms with van der Waals surface area (Å²) in [6.07, 6.45) is 1.31. The molecule has 0 aromatic heterocycles. The van der Waals surface area contributed by atoms with Crippen LogP contribution in [0, 0.1) is 6.92 Å². The van der Waals surface area contributed by atoms with Crippen molar-refractivity contribution in [2.24, 2.45) is 0 Å². The molecule has 1 fully saturated rings. The highest BCUT2D eigenvalue weighted by atomic mass is 16.5. The van der Waals surface area contributed by atoms with Gasteiger partial charge in [-0.15, -0.1) is 0 Å². The van der Waals surface area contributed by atoms with Crippen LogP contribution in [0.15, 0.2) is 18.2 Å². The summed E-state index contributed by atoms with van der Waals surface area (Å²) in [4.78, 5) is 25.3. The van der Waals surface area contributed by atoms with Crippen LogP contribution in [0.4, 0.5) is 0 Å². The van der Waals surface area contributed by atoms with E-state index in [0.29, 0.717) is 37.4 Å². The second-order valence-corrected chi connectivity index (χ2v) is 5.35. The zero-order valence-electron chi connectivity index (χ0n) is 12.9. The van der Waals surface area contributed by atoms with E-state index in [1.807, 2.05) is 6.92 Å². The monoisotopic (exact) mass is 307 g/mol. The molecule has 6 nitrogen and oxygen atoms in total. The van der Waals surface area contributed by atoms with Crippen LogP contribution in [0.3, 0.4) is 0 Å². The molecule has 2 rings (SSSR count). The molecule has 1 aliphatic heterocycles. The number of aliphatic carboxylic acids is 1. The first kappa shape index (κ1) is 16.3. The van der Waals surface area contributed by atoms with Crippen molar-refractivity contribution >= 4 is 11.9 Å². The summed E-state index contributed by atoms with van der Waals surface area (Å²) in [5.74, 6) is -0.681. The van der Waals surface area contributed by atoms with Crippen LogP contribution in [0.2, 0.25) is 0 Å². The molecule has 22 heavy (non-hydrogen) atoms. The first-order valence-corrected chi connectivity index (χ1v) is 7.28. The summed E-state index contributed by atoms with van der Waals surface area (Å²) in [6, 6.07) is 5.06. The fraction of sp³-hybridized carbons (Fsp3) is 0.500. The van der Waals surface area contributed by atoms with Crippen LogP contribution in [0.5, 0.6) is 5.75 Å². The standard InChI is InChI=1S/C16H21NO5/c1-11-3-4-12(9-14(11)21-2)16(20)17(10-15(18)19)13-5-7-22-8-6-13/h3-4,9,13H,5-8,10H2,1-2H3,(H,18,19). The third-order valence-corrected chi connectivity index (χ3v) is 3.85. The van der Waals surface area contributed by atoms with E-state index < -0.39 is 5.97 Å². The number of nitrogens with zero attached hydrogens (tertiary/aromatic N) is 1. The SMILES string of the molecule is COc1cc(C(=O)N(CC(=O)O)C2CCOCC2)ccc1C. The normalized spacial score (nSPS) is 15.4. The topological polar surface area (TPSA) is 76.1 Å². The molecule has 0 bridgehead atoms. The van der Waals surface area contributed by atoms with E-state index in [1.165, 1.54) is 4.90 Å². The number of carbonyl (C=O) groups is 2. The van der Waals surface area contributed by atoms with Gasteiger partial charge in [-0.05, 0) is 37.5 Å². The van der Waals surface area contributed by atoms with Crippen LogP contribution >= 0.6 is 0 Å². The van der Waals surface area contributed by atoms with Gasteiger partial charge in [0, 0.05) is 24.8 Å². The minimum atomic E-state index is -1.01. The number of hydrogen-bond acceptors (Lipinski definition) is 4. The summed E-state index contributed by atoms with van der Waals surface area (Å²) in [6.45, 7) is 2.68. The predicted molar refractivity (Wildman–Crippen MR) is 80.2 cm³/mol. The van der Waals surface area contributed by atoms with Crippen molar-refractivity contribution in [3.8, 4) is 5.75 Å². The van der Waals surface area contributed by atoms with Crippen molar-refractivity contribution in [3.05, 3.63) is 29.3 Å². The highest BCUT2D eigenvalue weighted by molar-refractivity contribution is 5.96. The highest BCUT2D eigenvalue weighted by Crippen LogP contribution is 2.22. The molecule has 1 amide bonds. The van der Waals surface area contributed by atoms with Crippen molar-refractivity contribution in [3.63, 3.8) is 0 Å². The number of rotatable bonds is 5. The number of hydrogen-bond donors (Lipinski definition) is 1. The van der Waals surface area contributed by atoms with Gasteiger partial charge in [0.05, 0.1) is 7.11 Å². The third kappa shape index (κ3) is 3.76. The van der Waals surface area contributed by atoms with Gasteiger partial charge in [0.2, 0.25) is 0 Å². The van der Waals surface area contributed by atoms with E-state index in [9.17, 15) is 9.59 Å². The number of amides is 1. The summed E-state index contributed by atoms with van der Waals surface area (Å²) in [7, 11) is 1.55. The lowest BCUT2D eigenvalue weighted by molar-refractivity contribution is -0.138. The molecule has 0 unspecified atom stereocenters. The fourth-order valence-corrected chi connectivity index (χ4v) is 2.63. The Kier molecular flexibility index (Phi) is 5.38. The van der Waals surface area contributed by atoms with Crippen LogP contribution < -0.4 is 4.74 Å². The Labute approximate surface area is 129 Å². The fourth-order valence-electron chi connectivity index (χ4n) is 2.63. The molecule has 1 aromatic carbocycles. The molecule has 1 aromatic rings. The maximum atomic E-state index is 12.7. The molecule has 1 heterocycles. The van der Waals surface area contributed by atoms with Crippen LogP contribution in [0.25, 0.3) is 0 Å². The zero-order chi connectivity index (χ0) is 16.1. The largest absolute Gasteiger partial charge is 0.496 e. The first-order chi connectivity index (χ1) is 10.5.